The van der Waals surface area contributed by atoms with Crippen LogP contribution in [0.1, 0.15) is 54.9 Å². The number of alkyl halides is 3. The summed E-state index contributed by atoms with van der Waals surface area (Å²) in [5.74, 6) is -7.24. The molecule has 9 heteroatoms. The minimum absolute atomic E-state index is 0.182. The molecule has 3 aromatic rings. The molecule has 0 aliphatic heterocycles. The number of rotatable bonds is 7. The van der Waals surface area contributed by atoms with E-state index < -0.39 is 41.2 Å². The van der Waals surface area contributed by atoms with E-state index in [-0.39, 0.29) is 29.5 Å². The predicted octanol–water partition coefficient (Wildman–Crippen LogP) is 9.17. The van der Waals surface area contributed by atoms with Gasteiger partial charge < -0.3 is 4.74 Å². The summed E-state index contributed by atoms with van der Waals surface area (Å²) >= 11 is 0. The lowest BCUT2D eigenvalue weighted by Crippen LogP contribution is -2.19. The van der Waals surface area contributed by atoms with Crippen LogP contribution in [0.25, 0.3) is 22.8 Å². The summed E-state index contributed by atoms with van der Waals surface area (Å²) < 4.78 is 114. The van der Waals surface area contributed by atoms with Gasteiger partial charge in [-0.2, -0.15) is 0 Å². The van der Waals surface area contributed by atoms with Gasteiger partial charge in [0.15, 0.2) is 11.6 Å². The highest BCUT2D eigenvalue weighted by atomic mass is 19.4. The molecule has 0 saturated heterocycles. The van der Waals surface area contributed by atoms with Crippen LogP contribution in [-0.4, -0.2) is 6.36 Å². The number of fused-ring (bicyclic) bond motifs is 1. The van der Waals surface area contributed by atoms with E-state index >= 15 is 0 Å². The van der Waals surface area contributed by atoms with Crippen LogP contribution in [0.2, 0.25) is 0 Å². The Morgan fingerprint density at radius 3 is 2.00 bits per heavy atom. The lowest BCUT2D eigenvalue weighted by atomic mass is 9.86. The monoisotopic (exact) mass is 526 g/mol. The van der Waals surface area contributed by atoms with E-state index in [0.29, 0.717) is 40.8 Å². The number of hydrogen-bond donors (Lipinski definition) is 0. The Morgan fingerprint density at radius 1 is 0.757 bits per heavy atom. The number of allylic oxidation sites excluding steroid dienone is 1. The van der Waals surface area contributed by atoms with Crippen LogP contribution in [0.3, 0.4) is 0 Å². The predicted molar refractivity (Wildman–Crippen MR) is 124 cm³/mol. The molecule has 4 rings (SSSR count). The molecule has 1 nitrogen and oxygen atoms in total. The van der Waals surface area contributed by atoms with Gasteiger partial charge in [0, 0.05) is 11.1 Å². The average Bonchev–Trinajstić information content (AvgIpc) is 2.80. The smallest absolute Gasteiger partial charge is 0.399 e. The summed E-state index contributed by atoms with van der Waals surface area (Å²) in [4.78, 5) is 0. The van der Waals surface area contributed by atoms with E-state index in [0.717, 1.165) is 25.3 Å². The van der Waals surface area contributed by atoms with Gasteiger partial charge in [-0.05, 0) is 89.9 Å². The maximum Gasteiger partial charge on any atom is 0.573 e. The Morgan fingerprint density at radius 2 is 1.41 bits per heavy atom. The summed E-state index contributed by atoms with van der Waals surface area (Å²) in [6.07, 6.45) is -0.0564. The quantitative estimate of drug-likeness (QED) is 0.220. The molecule has 0 amide bonds. The molecule has 0 bridgehead atoms. The molecular formula is C28H22F8O. The third kappa shape index (κ3) is 5.97. The van der Waals surface area contributed by atoms with E-state index in [4.69, 9.17) is 0 Å². The number of halogens is 8. The van der Waals surface area contributed by atoms with Crippen molar-refractivity contribution in [2.75, 3.05) is 0 Å². The van der Waals surface area contributed by atoms with Crippen molar-refractivity contribution in [3.63, 3.8) is 0 Å². The summed E-state index contributed by atoms with van der Waals surface area (Å²) in [7, 11) is 0. The summed E-state index contributed by atoms with van der Waals surface area (Å²) in [6.45, 7) is 2.03. The van der Waals surface area contributed by atoms with Crippen molar-refractivity contribution in [2.24, 2.45) is 0 Å². The highest BCUT2D eigenvalue weighted by molar-refractivity contribution is 5.86. The van der Waals surface area contributed by atoms with E-state index in [2.05, 4.69) is 4.74 Å². The topological polar surface area (TPSA) is 9.23 Å². The SMILES string of the molecule is CCCCCc1cc(F)c(C2=Cc3cc(F)c(-c4cc(F)c(OC(F)(F)F)c(F)c4)cc3CC2)c(F)c1. The van der Waals surface area contributed by atoms with Crippen LogP contribution in [0, 0.1) is 29.1 Å². The first-order valence-corrected chi connectivity index (χ1v) is 11.7. The number of unbranched alkanes of at least 4 members (excludes halogenated alkanes) is 2. The van der Waals surface area contributed by atoms with Gasteiger partial charge in [0.25, 0.3) is 0 Å². The zero-order valence-electron chi connectivity index (χ0n) is 19.7. The molecule has 1 aliphatic rings. The van der Waals surface area contributed by atoms with Gasteiger partial charge in [0.2, 0.25) is 5.75 Å². The molecule has 37 heavy (non-hydrogen) atoms. The summed E-state index contributed by atoms with van der Waals surface area (Å²) in [5.41, 5.74) is 1.06. The van der Waals surface area contributed by atoms with Gasteiger partial charge in [0.1, 0.15) is 17.5 Å². The van der Waals surface area contributed by atoms with Crippen LogP contribution in [0.4, 0.5) is 35.1 Å². The van der Waals surface area contributed by atoms with Gasteiger partial charge in [-0.25, -0.2) is 22.0 Å². The Hall–Kier alpha value is -3.36. The molecule has 196 valence electrons. The zero-order chi connectivity index (χ0) is 26.9. The second-order valence-corrected chi connectivity index (χ2v) is 8.91. The van der Waals surface area contributed by atoms with Crippen molar-refractivity contribution < 1.29 is 39.9 Å². The first kappa shape index (κ1) is 26.7. The third-order valence-corrected chi connectivity index (χ3v) is 6.24. The standard InChI is InChI=1S/C28H22F8O/c1-2-3-4-5-15-8-22(30)26(23(31)9-15)17-7-6-16-11-20(21(29)12-18(16)10-17)19-13-24(32)27(25(33)14-19)37-28(34,35)36/h8-14H,2-7H2,1H3. The van der Waals surface area contributed by atoms with Gasteiger partial charge in [-0.1, -0.05) is 25.8 Å². The fourth-order valence-electron chi connectivity index (χ4n) is 4.52. The molecule has 0 saturated carbocycles. The van der Waals surface area contributed by atoms with Crippen LogP contribution in [0.15, 0.2) is 36.4 Å². The molecule has 0 radical (unpaired) electrons. The summed E-state index contributed by atoms with van der Waals surface area (Å²) in [5, 5.41) is 0. The van der Waals surface area contributed by atoms with Crippen molar-refractivity contribution in [3.05, 3.63) is 87.7 Å². The molecule has 3 aromatic carbocycles. The average molecular weight is 526 g/mol. The van der Waals surface area contributed by atoms with E-state index in [1.807, 2.05) is 6.92 Å². The minimum Gasteiger partial charge on any atom is -0.399 e. The maximum absolute atomic E-state index is 15.0. The second-order valence-electron chi connectivity index (χ2n) is 8.91. The maximum atomic E-state index is 15.0. The lowest BCUT2D eigenvalue weighted by molar-refractivity contribution is -0.276. The Bertz CT molecular complexity index is 1310. The molecule has 0 N–H and O–H groups in total. The number of hydrogen-bond acceptors (Lipinski definition) is 1. The molecule has 0 heterocycles. The number of ether oxygens (including phenoxy) is 1. The Labute approximate surface area is 208 Å². The Balaban J connectivity index is 1.66. The lowest BCUT2D eigenvalue weighted by Gasteiger charge is -2.20. The minimum atomic E-state index is -5.31. The fraction of sp³-hybridized carbons (Fsp3) is 0.286. The van der Waals surface area contributed by atoms with Crippen LogP contribution in [0.5, 0.6) is 5.75 Å². The first-order valence-electron chi connectivity index (χ1n) is 11.7. The van der Waals surface area contributed by atoms with Crippen molar-refractivity contribution in [1.82, 2.24) is 0 Å². The molecule has 0 fully saturated rings. The van der Waals surface area contributed by atoms with Crippen molar-refractivity contribution in [2.45, 2.75) is 51.8 Å². The first-order chi connectivity index (χ1) is 17.5. The third-order valence-electron chi connectivity index (χ3n) is 6.24. The van der Waals surface area contributed by atoms with Crippen LogP contribution in [-0.2, 0) is 12.8 Å². The zero-order valence-corrected chi connectivity index (χ0v) is 19.7. The molecule has 1 aliphatic carbocycles. The van der Waals surface area contributed by atoms with Gasteiger partial charge in [-0.3, -0.25) is 0 Å². The van der Waals surface area contributed by atoms with Crippen LogP contribution < -0.4 is 4.74 Å². The molecule has 0 spiro atoms. The van der Waals surface area contributed by atoms with Gasteiger partial charge in [-0.15, -0.1) is 13.2 Å². The van der Waals surface area contributed by atoms with Crippen molar-refractivity contribution in [3.8, 4) is 16.9 Å². The number of benzene rings is 3. The van der Waals surface area contributed by atoms with Gasteiger partial charge in [0.05, 0.1) is 0 Å². The van der Waals surface area contributed by atoms with Crippen LogP contribution >= 0.6 is 0 Å². The highest BCUT2D eigenvalue weighted by Crippen LogP contribution is 2.38. The van der Waals surface area contributed by atoms with E-state index in [9.17, 15) is 35.1 Å². The van der Waals surface area contributed by atoms with Gasteiger partial charge >= 0.3 is 6.36 Å². The second kappa shape index (κ2) is 10.6. The normalized spacial score (nSPS) is 13.4. The van der Waals surface area contributed by atoms with E-state index in [1.165, 1.54) is 24.3 Å². The van der Waals surface area contributed by atoms with E-state index in [1.54, 1.807) is 0 Å². The molecule has 0 unspecified atom stereocenters. The fourth-order valence-corrected chi connectivity index (χ4v) is 4.52. The number of aryl methyl sites for hydroxylation is 2. The van der Waals surface area contributed by atoms with Crippen molar-refractivity contribution >= 4 is 11.6 Å². The molecule has 0 aromatic heterocycles. The summed E-state index contributed by atoms with van der Waals surface area (Å²) in [6, 6.07) is 6.10. The Kier molecular flexibility index (Phi) is 7.62. The largest absolute Gasteiger partial charge is 0.573 e. The molecule has 0 atom stereocenters. The molecular weight excluding hydrogens is 504 g/mol. The van der Waals surface area contributed by atoms with Crippen molar-refractivity contribution in [1.29, 1.82) is 0 Å². The highest BCUT2D eigenvalue weighted by Gasteiger charge is 2.34.